The molecule has 0 bridgehead atoms. The van der Waals surface area contributed by atoms with Crippen molar-refractivity contribution < 1.29 is 4.74 Å². The quantitative estimate of drug-likeness (QED) is 0.884. The summed E-state index contributed by atoms with van der Waals surface area (Å²) in [5.41, 5.74) is 0.904. The monoisotopic (exact) mass is 287 g/mol. The molecule has 2 aromatic rings. The van der Waals surface area contributed by atoms with E-state index in [1.54, 1.807) is 25.8 Å². The summed E-state index contributed by atoms with van der Waals surface area (Å²) >= 11 is 0. The van der Waals surface area contributed by atoms with E-state index in [0.717, 1.165) is 18.2 Å². The molecule has 1 saturated carbocycles. The van der Waals surface area contributed by atoms with Crippen LogP contribution in [-0.4, -0.2) is 33.0 Å². The third kappa shape index (κ3) is 3.39. The van der Waals surface area contributed by atoms with Crippen molar-refractivity contribution in [2.24, 2.45) is 5.92 Å². The Morgan fingerprint density at radius 3 is 3.00 bits per heavy atom. The Morgan fingerprint density at radius 2 is 2.29 bits per heavy atom. The molecule has 0 unspecified atom stereocenters. The van der Waals surface area contributed by atoms with E-state index in [9.17, 15) is 0 Å². The molecule has 1 aliphatic rings. The summed E-state index contributed by atoms with van der Waals surface area (Å²) in [6.07, 6.45) is 10.6. The number of methoxy groups -OCH3 is 1. The van der Waals surface area contributed by atoms with Crippen molar-refractivity contribution in [3.8, 4) is 0 Å². The maximum Gasteiger partial charge on any atom is 0.228 e. The number of rotatable bonds is 6. The second-order valence-electron chi connectivity index (χ2n) is 5.49. The first kappa shape index (κ1) is 14.0. The third-order valence-electron chi connectivity index (χ3n) is 4.14. The minimum Gasteiger partial charge on any atom is -0.379 e. The van der Waals surface area contributed by atoms with Crippen molar-refractivity contribution in [2.75, 3.05) is 12.4 Å². The van der Waals surface area contributed by atoms with Gasteiger partial charge in [0.05, 0.1) is 24.5 Å². The second kappa shape index (κ2) is 6.67. The van der Waals surface area contributed by atoms with Gasteiger partial charge in [0.2, 0.25) is 5.95 Å². The van der Waals surface area contributed by atoms with Crippen molar-refractivity contribution in [1.29, 1.82) is 0 Å². The normalized spacial score (nSPS) is 17.0. The van der Waals surface area contributed by atoms with Gasteiger partial charge in [0.25, 0.3) is 0 Å². The summed E-state index contributed by atoms with van der Waals surface area (Å²) in [6, 6.07) is 3.84. The molecular formula is C15H21N5O. The zero-order chi connectivity index (χ0) is 14.5. The van der Waals surface area contributed by atoms with Crippen LogP contribution in [0.5, 0.6) is 0 Å². The molecule has 3 rings (SSSR count). The predicted octanol–water partition coefficient (Wildman–Crippen LogP) is 2.62. The van der Waals surface area contributed by atoms with E-state index in [-0.39, 0.29) is 6.10 Å². The number of aromatic nitrogens is 4. The lowest BCUT2D eigenvalue weighted by Gasteiger charge is -2.22. The highest BCUT2D eigenvalue weighted by Gasteiger charge is 2.25. The molecule has 6 heteroatoms. The number of anilines is 2. The van der Waals surface area contributed by atoms with Gasteiger partial charge in [-0.15, -0.1) is 10.2 Å². The predicted molar refractivity (Wildman–Crippen MR) is 80.3 cm³/mol. The third-order valence-corrected chi connectivity index (χ3v) is 4.14. The molecule has 112 valence electrons. The van der Waals surface area contributed by atoms with Crippen LogP contribution in [0, 0.1) is 5.92 Å². The highest BCUT2D eigenvalue weighted by molar-refractivity contribution is 5.50. The van der Waals surface area contributed by atoms with Gasteiger partial charge in [-0.3, -0.25) is 9.55 Å². The molecule has 1 atom stereocenters. The van der Waals surface area contributed by atoms with Crippen LogP contribution in [0.25, 0.3) is 0 Å². The average Bonchev–Trinajstić information content (AvgIpc) is 3.18. The van der Waals surface area contributed by atoms with Crippen LogP contribution < -0.4 is 5.32 Å². The molecule has 2 heterocycles. The minimum atomic E-state index is 0.220. The molecule has 0 aliphatic heterocycles. The SMILES string of the molecule is CO[C@@H](Cn1cnnc1Nc1cccnc1)C1CCCC1. The van der Waals surface area contributed by atoms with E-state index in [1.165, 1.54) is 25.7 Å². The van der Waals surface area contributed by atoms with Crippen molar-refractivity contribution in [3.05, 3.63) is 30.9 Å². The van der Waals surface area contributed by atoms with Gasteiger partial charge in [-0.1, -0.05) is 12.8 Å². The van der Waals surface area contributed by atoms with Crippen LogP contribution in [0.1, 0.15) is 25.7 Å². The van der Waals surface area contributed by atoms with Crippen LogP contribution in [-0.2, 0) is 11.3 Å². The summed E-state index contributed by atoms with van der Waals surface area (Å²) in [5, 5.41) is 11.4. The second-order valence-corrected chi connectivity index (χ2v) is 5.49. The first-order valence-electron chi connectivity index (χ1n) is 7.44. The smallest absolute Gasteiger partial charge is 0.228 e. The molecule has 1 N–H and O–H groups in total. The summed E-state index contributed by atoms with van der Waals surface area (Å²) in [5.74, 6) is 1.37. The van der Waals surface area contributed by atoms with Gasteiger partial charge in [-0.05, 0) is 30.9 Å². The number of hydrogen-bond donors (Lipinski definition) is 1. The fourth-order valence-corrected chi connectivity index (χ4v) is 2.99. The van der Waals surface area contributed by atoms with Crippen LogP contribution in [0.2, 0.25) is 0 Å². The molecule has 0 saturated heterocycles. The topological polar surface area (TPSA) is 64.9 Å². The molecule has 1 fully saturated rings. The summed E-state index contributed by atoms with van der Waals surface area (Å²) in [4.78, 5) is 4.09. The van der Waals surface area contributed by atoms with E-state index in [1.807, 2.05) is 16.7 Å². The Bertz CT molecular complexity index is 550. The van der Waals surface area contributed by atoms with Crippen molar-refractivity contribution in [1.82, 2.24) is 19.7 Å². The summed E-state index contributed by atoms with van der Waals surface area (Å²) < 4.78 is 7.71. The highest BCUT2D eigenvalue weighted by atomic mass is 16.5. The molecule has 0 spiro atoms. The Labute approximate surface area is 124 Å². The lowest BCUT2D eigenvalue weighted by molar-refractivity contribution is 0.0411. The zero-order valence-electron chi connectivity index (χ0n) is 12.3. The van der Waals surface area contributed by atoms with Gasteiger partial charge in [0, 0.05) is 13.3 Å². The fourth-order valence-electron chi connectivity index (χ4n) is 2.99. The molecule has 0 aromatic carbocycles. The summed E-state index contributed by atoms with van der Waals surface area (Å²) in [6.45, 7) is 0.775. The molecule has 2 aromatic heterocycles. The van der Waals surface area contributed by atoms with Crippen LogP contribution >= 0.6 is 0 Å². The maximum atomic E-state index is 5.70. The number of nitrogens with zero attached hydrogens (tertiary/aromatic N) is 4. The van der Waals surface area contributed by atoms with Crippen LogP contribution in [0.3, 0.4) is 0 Å². The van der Waals surface area contributed by atoms with E-state index in [2.05, 4.69) is 20.5 Å². The Morgan fingerprint density at radius 1 is 1.43 bits per heavy atom. The van der Waals surface area contributed by atoms with Gasteiger partial charge in [-0.25, -0.2) is 0 Å². The van der Waals surface area contributed by atoms with Crippen molar-refractivity contribution in [3.63, 3.8) is 0 Å². The molecule has 21 heavy (non-hydrogen) atoms. The highest BCUT2D eigenvalue weighted by Crippen LogP contribution is 2.30. The van der Waals surface area contributed by atoms with Crippen LogP contribution in [0.4, 0.5) is 11.6 Å². The summed E-state index contributed by atoms with van der Waals surface area (Å²) in [7, 11) is 1.79. The van der Waals surface area contributed by atoms with Crippen molar-refractivity contribution in [2.45, 2.75) is 38.3 Å². The number of ether oxygens (including phenoxy) is 1. The number of pyridine rings is 1. The Balaban J connectivity index is 1.69. The number of nitrogens with one attached hydrogen (secondary N) is 1. The van der Waals surface area contributed by atoms with Gasteiger partial charge in [0.15, 0.2) is 0 Å². The van der Waals surface area contributed by atoms with Crippen molar-refractivity contribution >= 4 is 11.6 Å². The van der Waals surface area contributed by atoms with Gasteiger partial charge in [0.1, 0.15) is 6.33 Å². The average molecular weight is 287 g/mol. The molecular weight excluding hydrogens is 266 g/mol. The molecule has 0 amide bonds. The first-order chi connectivity index (χ1) is 10.4. The first-order valence-corrected chi connectivity index (χ1v) is 7.44. The Kier molecular flexibility index (Phi) is 4.45. The fraction of sp³-hybridized carbons (Fsp3) is 0.533. The van der Waals surface area contributed by atoms with Gasteiger partial charge >= 0.3 is 0 Å². The zero-order valence-corrected chi connectivity index (χ0v) is 12.3. The molecule has 1 aliphatic carbocycles. The largest absolute Gasteiger partial charge is 0.379 e. The minimum absolute atomic E-state index is 0.220. The molecule has 0 radical (unpaired) electrons. The van der Waals surface area contributed by atoms with Gasteiger partial charge < -0.3 is 10.1 Å². The molecule has 6 nitrogen and oxygen atoms in total. The number of hydrogen-bond acceptors (Lipinski definition) is 5. The van der Waals surface area contributed by atoms with Gasteiger partial charge in [-0.2, -0.15) is 0 Å². The standard InChI is InChI=1S/C15H21N5O/c1-21-14(12-5-2-3-6-12)10-20-11-17-19-15(20)18-13-7-4-8-16-9-13/h4,7-9,11-12,14H,2-3,5-6,10H2,1H3,(H,18,19)/t14-/m0/s1. The lowest BCUT2D eigenvalue weighted by atomic mass is 10.0. The van der Waals surface area contributed by atoms with E-state index < -0.39 is 0 Å². The van der Waals surface area contributed by atoms with E-state index in [4.69, 9.17) is 4.74 Å². The lowest BCUT2D eigenvalue weighted by Crippen LogP contribution is -2.26. The van der Waals surface area contributed by atoms with E-state index >= 15 is 0 Å². The van der Waals surface area contributed by atoms with E-state index in [0.29, 0.717) is 5.92 Å². The Hall–Kier alpha value is -1.95. The van der Waals surface area contributed by atoms with Crippen LogP contribution in [0.15, 0.2) is 30.9 Å². The maximum absolute atomic E-state index is 5.70.